The van der Waals surface area contributed by atoms with Gasteiger partial charge in [-0.1, -0.05) is 17.7 Å². The summed E-state index contributed by atoms with van der Waals surface area (Å²) in [5.74, 6) is 0.245. The van der Waals surface area contributed by atoms with Gasteiger partial charge in [0.05, 0.1) is 0 Å². The number of carbonyl (C=O) groups excluding carboxylic acids is 1. The van der Waals surface area contributed by atoms with Crippen molar-refractivity contribution in [3.05, 3.63) is 29.8 Å². The van der Waals surface area contributed by atoms with E-state index in [4.69, 9.17) is 5.73 Å². The molecule has 1 rings (SSSR count). The van der Waals surface area contributed by atoms with Crippen LogP contribution in [-0.4, -0.2) is 11.9 Å². The molecule has 4 heteroatoms. The zero-order valence-corrected chi connectivity index (χ0v) is 8.24. The van der Waals surface area contributed by atoms with Crippen LogP contribution in [0.15, 0.2) is 29.3 Å². The van der Waals surface area contributed by atoms with Crippen molar-refractivity contribution < 1.29 is 4.79 Å². The summed E-state index contributed by atoms with van der Waals surface area (Å²) in [6.07, 6.45) is 0. The highest BCUT2D eigenvalue weighted by atomic mass is 16.2. The Kier molecular flexibility index (Phi) is 3.23. The van der Waals surface area contributed by atoms with Crippen molar-refractivity contribution in [3.8, 4) is 0 Å². The number of nitrogens with two attached hydrogens (primary N) is 1. The second-order valence-corrected chi connectivity index (χ2v) is 3.05. The molecular formula is C10H13N3O. The number of nitrogens with one attached hydrogen (secondary N) is 1. The Labute approximate surface area is 82.8 Å². The van der Waals surface area contributed by atoms with Crippen LogP contribution in [-0.2, 0) is 0 Å². The first kappa shape index (κ1) is 10.2. The molecule has 0 saturated heterocycles. The molecule has 0 fully saturated rings. The summed E-state index contributed by atoms with van der Waals surface area (Å²) in [7, 11) is 0. The van der Waals surface area contributed by atoms with Crippen LogP contribution in [0.4, 0.5) is 10.5 Å². The molecule has 4 nitrogen and oxygen atoms in total. The van der Waals surface area contributed by atoms with E-state index in [-0.39, 0.29) is 5.84 Å². The molecule has 0 radical (unpaired) electrons. The maximum absolute atomic E-state index is 11.1. The number of anilines is 1. The number of amidine groups is 1. The van der Waals surface area contributed by atoms with Gasteiger partial charge in [0.15, 0.2) is 0 Å². The lowest BCUT2D eigenvalue weighted by molar-refractivity contribution is 0.259. The fourth-order valence-corrected chi connectivity index (χ4v) is 0.948. The van der Waals surface area contributed by atoms with Crippen LogP contribution in [0.5, 0.6) is 0 Å². The van der Waals surface area contributed by atoms with E-state index in [1.54, 1.807) is 6.92 Å². The Morgan fingerprint density at radius 2 is 1.93 bits per heavy atom. The Balaban J connectivity index is 2.66. The third-order valence-corrected chi connectivity index (χ3v) is 1.58. The molecule has 14 heavy (non-hydrogen) atoms. The SMILES string of the molecule is CC(N)=NC(=O)Nc1ccc(C)cc1. The lowest BCUT2D eigenvalue weighted by atomic mass is 10.2. The molecule has 2 amide bonds. The molecule has 0 atom stereocenters. The zero-order chi connectivity index (χ0) is 10.6. The van der Waals surface area contributed by atoms with Gasteiger partial charge in [0.1, 0.15) is 5.84 Å². The van der Waals surface area contributed by atoms with E-state index in [0.29, 0.717) is 5.69 Å². The number of nitrogens with zero attached hydrogens (tertiary/aromatic N) is 1. The van der Waals surface area contributed by atoms with E-state index < -0.39 is 6.03 Å². The average molecular weight is 191 g/mol. The first-order chi connectivity index (χ1) is 6.58. The number of hydrogen-bond acceptors (Lipinski definition) is 1. The smallest absolute Gasteiger partial charge is 0.347 e. The third kappa shape index (κ3) is 3.26. The molecule has 1 aromatic rings. The van der Waals surface area contributed by atoms with Gasteiger partial charge in [0.25, 0.3) is 0 Å². The largest absolute Gasteiger partial charge is 0.387 e. The van der Waals surface area contributed by atoms with Crippen molar-refractivity contribution in [2.24, 2.45) is 10.7 Å². The van der Waals surface area contributed by atoms with Gasteiger partial charge in [-0.2, -0.15) is 4.99 Å². The van der Waals surface area contributed by atoms with Crippen LogP contribution < -0.4 is 11.1 Å². The molecule has 0 bridgehead atoms. The minimum atomic E-state index is -0.450. The Bertz CT molecular complexity index is 350. The summed E-state index contributed by atoms with van der Waals surface area (Å²) in [6, 6.07) is 7.00. The quantitative estimate of drug-likeness (QED) is 0.526. The van der Waals surface area contributed by atoms with E-state index in [1.807, 2.05) is 31.2 Å². The number of urea groups is 1. The van der Waals surface area contributed by atoms with Crippen LogP contribution in [0.3, 0.4) is 0 Å². The van der Waals surface area contributed by atoms with Gasteiger partial charge >= 0.3 is 6.03 Å². The maximum atomic E-state index is 11.1. The lowest BCUT2D eigenvalue weighted by Gasteiger charge is -2.01. The number of amides is 2. The highest BCUT2D eigenvalue weighted by molar-refractivity contribution is 5.98. The van der Waals surface area contributed by atoms with Crippen molar-refractivity contribution in [3.63, 3.8) is 0 Å². The number of rotatable bonds is 1. The molecule has 0 aliphatic rings. The first-order valence-corrected chi connectivity index (χ1v) is 4.26. The highest BCUT2D eigenvalue weighted by Crippen LogP contribution is 2.08. The molecule has 0 aromatic heterocycles. The molecule has 0 aliphatic carbocycles. The van der Waals surface area contributed by atoms with Crippen LogP contribution in [0.1, 0.15) is 12.5 Å². The van der Waals surface area contributed by atoms with Crippen LogP contribution in [0.25, 0.3) is 0 Å². The van der Waals surface area contributed by atoms with Crippen LogP contribution in [0, 0.1) is 6.92 Å². The Morgan fingerprint density at radius 3 is 2.43 bits per heavy atom. The summed E-state index contributed by atoms with van der Waals surface area (Å²) in [5.41, 5.74) is 7.11. The van der Waals surface area contributed by atoms with Crippen molar-refractivity contribution in [1.82, 2.24) is 0 Å². The van der Waals surface area contributed by atoms with E-state index in [2.05, 4.69) is 10.3 Å². The van der Waals surface area contributed by atoms with Gasteiger partial charge < -0.3 is 11.1 Å². The van der Waals surface area contributed by atoms with Crippen molar-refractivity contribution in [2.75, 3.05) is 5.32 Å². The zero-order valence-electron chi connectivity index (χ0n) is 8.24. The summed E-state index contributed by atoms with van der Waals surface area (Å²) in [4.78, 5) is 14.7. The molecule has 0 saturated carbocycles. The van der Waals surface area contributed by atoms with E-state index in [0.717, 1.165) is 5.56 Å². The fraction of sp³-hybridized carbons (Fsp3) is 0.200. The van der Waals surface area contributed by atoms with Crippen molar-refractivity contribution in [1.29, 1.82) is 0 Å². The highest BCUT2D eigenvalue weighted by Gasteiger charge is 1.98. The minimum Gasteiger partial charge on any atom is -0.387 e. The Hall–Kier alpha value is -1.84. The number of benzene rings is 1. The van der Waals surface area contributed by atoms with E-state index in [9.17, 15) is 4.79 Å². The molecule has 74 valence electrons. The van der Waals surface area contributed by atoms with Crippen LogP contribution >= 0.6 is 0 Å². The summed E-state index contributed by atoms with van der Waals surface area (Å²) in [5, 5.41) is 2.59. The summed E-state index contributed by atoms with van der Waals surface area (Å²) < 4.78 is 0. The molecule has 0 aliphatic heterocycles. The van der Waals surface area contributed by atoms with Gasteiger partial charge in [-0.15, -0.1) is 0 Å². The third-order valence-electron chi connectivity index (χ3n) is 1.58. The number of aryl methyl sites for hydroxylation is 1. The molecule has 0 spiro atoms. The number of aliphatic imine (C=N–C) groups is 1. The molecule has 0 heterocycles. The molecule has 3 N–H and O–H groups in total. The molecular weight excluding hydrogens is 178 g/mol. The molecule has 0 unspecified atom stereocenters. The second kappa shape index (κ2) is 4.41. The summed E-state index contributed by atoms with van der Waals surface area (Å²) in [6.45, 7) is 3.54. The molecule has 1 aromatic carbocycles. The Morgan fingerprint density at radius 1 is 1.36 bits per heavy atom. The second-order valence-electron chi connectivity index (χ2n) is 3.05. The number of hydrogen-bond donors (Lipinski definition) is 2. The van der Waals surface area contributed by atoms with Gasteiger partial charge in [-0.3, -0.25) is 0 Å². The van der Waals surface area contributed by atoms with Gasteiger partial charge in [-0.05, 0) is 26.0 Å². The van der Waals surface area contributed by atoms with E-state index >= 15 is 0 Å². The topological polar surface area (TPSA) is 67.5 Å². The maximum Gasteiger partial charge on any atom is 0.347 e. The fourth-order valence-electron chi connectivity index (χ4n) is 0.948. The first-order valence-electron chi connectivity index (χ1n) is 4.26. The van der Waals surface area contributed by atoms with Crippen molar-refractivity contribution >= 4 is 17.6 Å². The summed E-state index contributed by atoms with van der Waals surface area (Å²) >= 11 is 0. The standard InChI is InChI=1S/C10H13N3O/c1-7-3-5-9(6-4-7)13-10(14)12-8(2)11/h3-6H,1-2H3,(H3,11,12,13,14). The van der Waals surface area contributed by atoms with Crippen molar-refractivity contribution in [2.45, 2.75) is 13.8 Å². The van der Waals surface area contributed by atoms with Crippen LogP contribution in [0.2, 0.25) is 0 Å². The van der Waals surface area contributed by atoms with Gasteiger partial charge in [0, 0.05) is 5.69 Å². The van der Waals surface area contributed by atoms with E-state index in [1.165, 1.54) is 0 Å². The predicted octanol–water partition coefficient (Wildman–Crippen LogP) is 1.90. The predicted molar refractivity (Wildman–Crippen MR) is 57.5 cm³/mol. The average Bonchev–Trinajstić information content (AvgIpc) is 2.07. The monoisotopic (exact) mass is 191 g/mol. The van der Waals surface area contributed by atoms with Gasteiger partial charge in [0.2, 0.25) is 0 Å². The lowest BCUT2D eigenvalue weighted by Crippen LogP contribution is -2.13. The normalized spacial score (nSPS) is 11.1. The van der Waals surface area contributed by atoms with Gasteiger partial charge in [-0.25, -0.2) is 4.79 Å². The minimum absolute atomic E-state index is 0.245. The number of carbonyl (C=O) groups is 1.